The van der Waals surface area contributed by atoms with E-state index in [1.165, 1.54) is 0 Å². The van der Waals surface area contributed by atoms with Crippen molar-refractivity contribution in [2.75, 3.05) is 12.5 Å². The highest BCUT2D eigenvalue weighted by Gasteiger charge is 2.06. The lowest BCUT2D eigenvalue weighted by Crippen LogP contribution is -1.79. The summed E-state index contributed by atoms with van der Waals surface area (Å²) in [6, 6.07) is 5.70. The minimum Gasteiger partial charge on any atom is -0.422 e. The maximum Gasteiger partial charge on any atom is 0.324 e. The molecule has 1 heterocycles. The standard InChI is InChI=1S/C10H9ClN2OS2/c1-15-10(16-2)13-9-12-7-5-6(11)3-4-8(7)14-9/h3-5H,1-2H3. The Labute approximate surface area is 107 Å². The van der Waals surface area contributed by atoms with Gasteiger partial charge in [0.15, 0.2) is 5.58 Å². The molecule has 0 spiro atoms. The molecule has 0 saturated heterocycles. The third-order valence-corrected chi connectivity index (χ3v) is 3.99. The molecule has 16 heavy (non-hydrogen) atoms. The molecule has 6 heteroatoms. The van der Waals surface area contributed by atoms with Crippen molar-refractivity contribution in [1.29, 1.82) is 0 Å². The molecular weight excluding hydrogens is 264 g/mol. The number of benzene rings is 1. The second-order valence-electron chi connectivity index (χ2n) is 2.89. The molecule has 1 aromatic carbocycles. The van der Waals surface area contributed by atoms with Crippen molar-refractivity contribution >= 4 is 56.6 Å². The van der Waals surface area contributed by atoms with Crippen LogP contribution in [-0.2, 0) is 0 Å². The molecule has 0 fully saturated rings. The fourth-order valence-electron chi connectivity index (χ4n) is 1.19. The first-order valence-corrected chi connectivity index (χ1v) is 7.28. The van der Waals surface area contributed by atoms with Crippen LogP contribution in [0.3, 0.4) is 0 Å². The van der Waals surface area contributed by atoms with Gasteiger partial charge < -0.3 is 4.42 Å². The third-order valence-electron chi connectivity index (χ3n) is 1.87. The van der Waals surface area contributed by atoms with Gasteiger partial charge in [0.1, 0.15) is 9.89 Å². The van der Waals surface area contributed by atoms with Crippen molar-refractivity contribution in [2.45, 2.75) is 0 Å². The van der Waals surface area contributed by atoms with Gasteiger partial charge in [-0.1, -0.05) is 11.6 Å². The monoisotopic (exact) mass is 272 g/mol. The van der Waals surface area contributed by atoms with E-state index in [9.17, 15) is 0 Å². The van der Waals surface area contributed by atoms with E-state index >= 15 is 0 Å². The summed E-state index contributed by atoms with van der Waals surface area (Å²) in [5, 5.41) is 0.645. The Kier molecular flexibility index (Phi) is 3.78. The first-order valence-electron chi connectivity index (χ1n) is 4.45. The van der Waals surface area contributed by atoms with Gasteiger partial charge in [-0.3, -0.25) is 0 Å². The number of aromatic nitrogens is 1. The highest BCUT2D eigenvalue weighted by molar-refractivity contribution is 8.38. The normalized spacial score (nSPS) is 10.7. The first kappa shape index (κ1) is 11.8. The maximum atomic E-state index is 5.86. The molecule has 0 aliphatic carbocycles. The van der Waals surface area contributed by atoms with Crippen LogP contribution in [0, 0.1) is 0 Å². The molecule has 0 unspecified atom stereocenters. The molecule has 2 aromatic rings. The zero-order chi connectivity index (χ0) is 11.5. The molecule has 0 N–H and O–H groups in total. The minimum absolute atomic E-state index is 0.371. The first-order chi connectivity index (χ1) is 7.72. The molecule has 2 rings (SSSR count). The highest BCUT2D eigenvalue weighted by Crippen LogP contribution is 2.25. The van der Waals surface area contributed by atoms with Gasteiger partial charge in [0.2, 0.25) is 0 Å². The molecule has 0 bridgehead atoms. The van der Waals surface area contributed by atoms with Gasteiger partial charge in [-0.25, -0.2) is 0 Å². The van der Waals surface area contributed by atoms with Crippen LogP contribution in [0.15, 0.2) is 27.6 Å². The van der Waals surface area contributed by atoms with Crippen molar-refractivity contribution in [1.82, 2.24) is 4.98 Å². The number of nitrogens with zero attached hydrogens (tertiary/aromatic N) is 2. The lowest BCUT2D eigenvalue weighted by Gasteiger charge is -1.93. The molecule has 0 saturated carbocycles. The summed E-state index contributed by atoms with van der Waals surface area (Å²) in [7, 11) is 0. The van der Waals surface area contributed by atoms with Gasteiger partial charge in [0.05, 0.1) is 0 Å². The van der Waals surface area contributed by atoms with E-state index in [2.05, 4.69) is 9.98 Å². The van der Waals surface area contributed by atoms with Crippen molar-refractivity contribution in [3.05, 3.63) is 23.2 Å². The fraction of sp³-hybridized carbons (Fsp3) is 0.200. The van der Waals surface area contributed by atoms with Gasteiger partial charge in [0, 0.05) is 5.02 Å². The molecule has 0 aliphatic heterocycles. The molecule has 1 aromatic heterocycles. The van der Waals surface area contributed by atoms with Crippen molar-refractivity contribution in [2.24, 2.45) is 4.99 Å². The van der Waals surface area contributed by atoms with Crippen LogP contribution in [0.4, 0.5) is 6.01 Å². The number of aliphatic imine (C=N–C) groups is 1. The van der Waals surface area contributed by atoms with E-state index in [1.54, 1.807) is 41.7 Å². The lowest BCUT2D eigenvalue weighted by atomic mass is 10.3. The van der Waals surface area contributed by atoms with Gasteiger partial charge in [0.25, 0.3) is 0 Å². The Bertz CT molecular complexity index is 533. The van der Waals surface area contributed by atoms with E-state index in [1.807, 2.05) is 12.5 Å². The average Bonchev–Trinajstić information content (AvgIpc) is 2.67. The Morgan fingerprint density at radius 2 is 2.12 bits per heavy atom. The summed E-state index contributed by atoms with van der Waals surface area (Å²) in [5.74, 6) is 0. The van der Waals surface area contributed by atoms with E-state index in [-0.39, 0.29) is 0 Å². The Balaban J connectivity index is 2.43. The summed E-state index contributed by atoms with van der Waals surface area (Å²) < 4.78 is 6.39. The lowest BCUT2D eigenvalue weighted by molar-refractivity contribution is 0.614. The van der Waals surface area contributed by atoms with Crippen molar-refractivity contribution < 1.29 is 4.42 Å². The predicted octanol–water partition coefficient (Wildman–Crippen LogP) is 4.19. The largest absolute Gasteiger partial charge is 0.422 e. The number of rotatable bonds is 1. The SMILES string of the molecule is CSC(=Nc1nc2cc(Cl)ccc2o1)SC. The van der Waals surface area contributed by atoms with Crippen LogP contribution in [0.2, 0.25) is 5.02 Å². The summed E-state index contributed by atoms with van der Waals surface area (Å²) in [4.78, 5) is 8.53. The van der Waals surface area contributed by atoms with Gasteiger partial charge in [-0.05, 0) is 30.7 Å². The molecule has 84 valence electrons. The van der Waals surface area contributed by atoms with Crippen LogP contribution in [-0.4, -0.2) is 21.9 Å². The second-order valence-corrected chi connectivity index (χ2v) is 5.18. The van der Waals surface area contributed by atoms with E-state index in [0.29, 0.717) is 16.6 Å². The number of hydrogen-bond donors (Lipinski definition) is 0. The number of thioether (sulfide) groups is 2. The molecule has 0 aliphatic rings. The number of hydrogen-bond acceptors (Lipinski definition) is 5. The van der Waals surface area contributed by atoms with Gasteiger partial charge in [-0.2, -0.15) is 9.98 Å². The zero-order valence-corrected chi connectivity index (χ0v) is 11.1. The zero-order valence-electron chi connectivity index (χ0n) is 8.73. The Morgan fingerprint density at radius 3 is 2.81 bits per heavy atom. The summed E-state index contributed by atoms with van der Waals surface area (Å²) in [6.07, 6.45) is 3.93. The van der Waals surface area contributed by atoms with Crippen LogP contribution in [0.1, 0.15) is 0 Å². The summed E-state index contributed by atoms with van der Waals surface area (Å²) in [5.41, 5.74) is 1.43. The Morgan fingerprint density at radius 1 is 1.38 bits per heavy atom. The van der Waals surface area contributed by atoms with Crippen molar-refractivity contribution in [3.63, 3.8) is 0 Å². The second kappa shape index (κ2) is 5.12. The molecule has 3 nitrogen and oxygen atoms in total. The topological polar surface area (TPSA) is 38.4 Å². The van der Waals surface area contributed by atoms with Crippen LogP contribution in [0.5, 0.6) is 0 Å². The quantitative estimate of drug-likeness (QED) is 0.576. The number of fused-ring (bicyclic) bond motifs is 1. The van der Waals surface area contributed by atoms with E-state index < -0.39 is 0 Å². The van der Waals surface area contributed by atoms with Crippen LogP contribution < -0.4 is 0 Å². The molecular formula is C10H9ClN2OS2. The van der Waals surface area contributed by atoms with E-state index in [4.69, 9.17) is 16.0 Å². The Hall–Kier alpha value is -0.650. The predicted molar refractivity (Wildman–Crippen MR) is 73.1 cm³/mol. The van der Waals surface area contributed by atoms with E-state index in [0.717, 1.165) is 9.89 Å². The van der Waals surface area contributed by atoms with Gasteiger partial charge in [-0.15, -0.1) is 23.5 Å². The van der Waals surface area contributed by atoms with Gasteiger partial charge >= 0.3 is 6.01 Å². The molecule has 0 atom stereocenters. The van der Waals surface area contributed by atoms with Crippen LogP contribution in [0.25, 0.3) is 11.1 Å². The summed E-state index contributed by atoms with van der Waals surface area (Å²) in [6.45, 7) is 0. The van der Waals surface area contributed by atoms with Crippen LogP contribution >= 0.6 is 35.1 Å². The fourth-order valence-corrected chi connectivity index (χ4v) is 2.36. The number of halogens is 1. The highest BCUT2D eigenvalue weighted by atomic mass is 35.5. The van der Waals surface area contributed by atoms with Crippen molar-refractivity contribution in [3.8, 4) is 0 Å². The third kappa shape index (κ3) is 2.53. The minimum atomic E-state index is 0.371. The number of oxazole rings is 1. The molecule has 0 radical (unpaired) electrons. The average molecular weight is 273 g/mol. The summed E-state index contributed by atoms with van der Waals surface area (Å²) >= 11 is 8.99. The maximum absolute atomic E-state index is 5.86. The molecule has 0 amide bonds. The smallest absolute Gasteiger partial charge is 0.324 e.